The number of nitrogens with one attached hydrogen (secondary N) is 1. The molecule has 0 aromatic carbocycles. The summed E-state index contributed by atoms with van der Waals surface area (Å²) in [5.74, 6) is 1.25. The highest BCUT2D eigenvalue weighted by molar-refractivity contribution is 5.46. The molecule has 3 heterocycles. The van der Waals surface area contributed by atoms with Crippen LogP contribution in [0.2, 0.25) is 0 Å². The Morgan fingerprint density at radius 2 is 1.95 bits per heavy atom. The number of aromatic nitrogens is 6. The lowest BCUT2D eigenvalue weighted by Gasteiger charge is -2.01. The van der Waals surface area contributed by atoms with Crippen molar-refractivity contribution in [2.45, 2.75) is 27.2 Å². The maximum Gasteiger partial charge on any atom is 0.254 e. The molecule has 0 amide bonds. The van der Waals surface area contributed by atoms with Gasteiger partial charge in [0.15, 0.2) is 0 Å². The molecule has 0 saturated carbocycles. The van der Waals surface area contributed by atoms with E-state index in [9.17, 15) is 4.79 Å². The first kappa shape index (κ1) is 14.1. The quantitative estimate of drug-likeness (QED) is 0.771. The third-order valence-electron chi connectivity index (χ3n) is 3.16. The van der Waals surface area contributed by atoms with Crippen LogP contribution in [-0.2, 0) is 6.42 Å². The Kier molecular flexibility index (Phi) is 3.50. The first-order valence-corrected chi connectivity index (χ1v) is 6.72. The van der Waals surface area contributed by atoms with Gasteiger partial charge in [0.1, 0.15) is 11.5 Å². The molecule has 0 aliphatic heterocycles. The summed E-state index contributed by atoms with van der Waals surface area (Å²) in [4.78, 5) is 23.1. The van der Waals surface area contributed by atoms with Crippen molar-refractivity contribution in [1.29, 1.82) is 0 Å². The highest BCUT2D eigenvalue weighted by Gasteiger charge is 2.14. The molecule has 22 heavy (non-hydrogen) atoms. The maximum absolute atomic E-state index is 12.0. The smallest absolute Gasteiger partial charge is 0.254 e. The van der Waals surface area contributed by atoms with Gasteiger partial charge in [-0.1, -0.05) is 5.16 Å². The van der Waals surface area contributed by atoms with E-state index in [2.05, 4.69) is 30.3 Å². The third-order valence-corrected chi connectivity index (χ3v) is 3.16. The number of aromatic amines is 1. The molecule has 0 unspecified atom stereocenters. The van der Waals surface area contributed by atoms with E-state index in [0.29, 0.717) is 34.5 Å². The second kappa shape index (κ2) is 5.47. The van der Waals surface area contributed by atoms with Crippen LogP contribution < -0.4 is 5.56 Å². The predicted octanol–water partition coefficient (Wildman–Crippen LogP) is 1.13. The average Bonchev–Trinajstić information content (AvgIpc) is 2.92. The molecule has 0 aliphatic rings. The molecule has 0 spiro atoms. The van der Waals surface area contributed by atoms with Gasteiger partial charge in [-0.05, 0) is 32.9 Å². The summed E-state index contributed by atoms with van der Waals surface area (Å²) < 4.78 is 5.18. The first-order valence-electron chi connectivity index (χ1n) is 6.72. The van der Waals surface area contributed by atoms with Crippen molar-refractivity contribution in [1.82, 2.24) is 30.3 Å². The Morgan fingerprint density at radius 1 is 1.14 bits per heavy atom. The molecule has 3 rings (SSSR count). The SMILES string of the molecule is Cc1ccc(-c2noc(Cc3c(C)nc(C)[nH]c3=O)n2)nn1. The van der Waals surface area contributed by atoms with E-state index >= 15 is 0 Å². The van der Waals surface area contributed by atoms with Crippen LogP contribution in [0.15, 0.2) is 21.5 Å². The van der Waals surface area contributed by atoms with E-state index in [1.165, 1.54) is 0 Å². The standard InChI is InChI=1S/C14H14N6O2/c1-7-4-5-11(19-18-7)13-17-12(22-20-13)6-10-8(2)15-9(3)16-14(10)21/h4-5H,6H2,1-3H3,(H,15,16,21). The molecule has 0 bridgehead atoms. The number of hydrogen-bond acceptors (Lipinski definition) is 7. The number of H-pyrrole nitrogens is 1. The van der Waals surface area contributed by atoms with Gasteiger partial charge >= 0.3 is 0 Å². The Morgan fingerprint density at radius 3 is 2.64 bits per heavy atom. The van der Waals surface area contributed by atoms with Gasteiger partial charge in [-0.2, -0.15) is 10.1 Å². The first-order chi connectivity index (χ1) is 10.5. The highest BCUT2D eigenvalue weighted by Crippen LogP contribution is 2.14. The Hall–Kier alpha value is -2.90. The Bertz CT molecular complexity index is 866. The summed E-state index contributed by atoms with van der Waals surface area (Å²) in [5.41, 5.74) is 2.29. The zero-order valence-corrected chi connectivity index (χ0v) is 12.4. The zero-order valence-electron chi connectivity index (χ0n) is 12.4. The monoisotopic (exact) mass is 298 g/mol. The van der Waals surface area contributed by atoms with Crippen molar-refractivity contribution in [3.8, 4) is 11.5 Å². The molecule has 0 radical (unpaired) electrons. The molecule has 0 aliphatic carbocycles. The molecule has 8 nitrogen and oxygen atoms in total. The van der Waals surface area contributed by atoms with E-state index in [1.807, 2.05) is 13.0 Å². The average molecular weight is 298 g/mol. The van der Waals surface area contributed by atoms with Gasteiger partial charge in [-0.15, -0.1) is 5.10 Å². The van der Waals surface area contributed by atoms with E-state index in [1.54, 1.807) is 19.9 Å². The van der Waals surface area contributed by atoms with Gasteiger partial charge in [0.05, 0.1) is 12.1 Å². The lowest BCUT2D eigenvalue weighted by Crippen LogP contribution is -2.18. The fraction of sp³-hybridized carbons (Fsp3) is 0.286. The molecule has 0 saturated heterocycles. The molecule has 8 heteroatoms. The van der Waals surface area contributed by atoms with Crippen LogP contribution in [0, 0.1) is 20.8 Å². The van der Waals surface area contributed by atoms with Gasteiger partial charge in [0.2, 0.25) is 11.7 Å². The predicted molar refractivity (Wildman–Crippen MR) is 77.2 cm³/mol. The van der Waals surface area contributed by atoms with E-state index in [4.69, 9.17) is 4.52 Å². The molecule has 3 aromatic heterocycles. The van der Waals surface area contributed by atoms with Crippen molar-refractivity contribution < 1.29 is 4.52 Å². The maximum atomic E-state index is 12.0. The van der Waals surface area contributed by atoms with E-state index < -0.39 is 0 Å². The minimum absolute atomic E-state index is 0.195. The highest BCUT2D eigenvalue weighted by atomic mass is 16.5. The summed E-state index contributed by atoms with van der Waals surface area (Å²) in [5, 5.41) is 11.8. The van der Waals surface area contributed by atoms with Crippen LogP contribution in [0.4, 0.5) is 0 Å². The van der Waals surface area contributed by atoms with Crippen LogP contribution in [0.25, 0.3) is 11.5 Å². The number of aryl methyl sites for hydroxylation is 3. The molecule has 3 aromatic rings. The Labute approximate surface area is 125 Å². The lowest BCUT2D eigenvalue weighted by molar-refractivity contribution is 0.385. The molecular formula is C14H14N6O2. The van der Waals surface area contributed by atoms with Crippen molar-refractivity contribution in [2.75, 3.05) is 0 Å². The summed E-state index contributed by atoms with van der Waals surface area (Å²) in [6.45, 7) is 5.36. The summed E-state index contributed by atoms with van der Waals surface area (Å²) in [6, 6.07) is 3.58. The third kappa shape index (κ3) is 2.76. The summed E-state index contributed by atoms with van der Waals surface area (Å²) in [7, 11) is 0. The topological polar surface area (TPSA) is 110 Å². The largest absolute Gasteiger partial charge is 0.339 e. The number of nitrogens with zero attached hydrogens (tertiary/aromatic N) is 5. The van der Waals surface area contributed by atoms with Crippen molar-refractivity contribution >= 4 is 0 Å². The van der Waals surface area contributed by atoms with E-state index in [0.717, 1.165) is 5.69 Å². The summed E-state index contributed by atoms with van der Waals surface area (Å²) in [6.07, 6.45) is 0.223. The molecular weight excluding hydrogens is 284 g/mol. The van der Waals surface area contributed by atoms with Crippen LogP contribution in [0.1, 0.15) is 28.7 Å². The van der Waals surface area contributed by atoms with Crippen LogP contribution in [0.5, 0.6) is 0 Å². The van der Waals surface area contributed by atoms with Gasteiger partial charge in [-0.3, -0.25) is 4.79 Å². The van der Waals surface area contributed by atoms with Crippen LogP contribution in [-0.4, -0.2) is 30.3 Å². The van der Waals surface area contributed by atoms with Gasteiger partial charge in [0.25, 0.3) is 5.56 Å². The van der Waals surface area contributed by atoms with Crippen molar-refractivity contribution in [2.24, 2.45) is 0 Å². The normalized spacial score (nSPS) is 10.9. The number of rotatable bonds is 3. The molecule has 112 valence electrons. The van der Waals surface area contributed by atoms with Gasteiger partial charge < -0.3 is 9.51 Å². The van der Waals surface area contributed by atoms with Crippen molar-refractivity contribution in [3.63, 3.8) is 0 Å². The lowest BCUT2D eigenvalue weighted by atomic mass is 10.1. The van der Waals surface area contributed by atoms with Crippen LogP contribution in [0.3, 0.4) is 0 Å². The van der Waals surface area contributed by atoms with Crippen molar-refractivity contribution in [3.05, 3.63) is 51.2 Å². The summed E-state index contributed by atoms with van der Waals surface area (Å²) >= 11 is 0. The molecule has 0 fully saturated rings. The van der Waals surface area contributed by atoms with Gasteiger partial charge in [0, 0.05) is 11.3 Å². The minimum Gasteiger partial charge on any atom is -0.339 e. The second-order valence-corrected chi connectivity index (χ2v) is 4.96. The van der Waals surface area contributed by atoms with E-state index in [-0.39, 0.29) is 12.0 Å². The molecule has 1 N–H and O–H groups in total. The minimum atomic E-state index is -0.195. The fourth-order valence-corrected chi connectivity index (χ4v) is 2.06. The fourth-order valence-electron chi connectivity index (χ4n) is 2.06. The van der Waals surface area contributed by atoms with Gasteiger partial charge in [-0.25, -0.2) is 4.98 Å². The molecule has 0 atom stereocenters. The van der Waals surface area contributed by atoms with Crippen LogP contribution >= 0.6 is 0 Å². The Balaban J connectivity index is 1.89. The zero-order chi connectivity index (χ0) is 15.7. The second-order valence-electron chi connectivity index (χ2n) is 4.96. The number of hydrogen-bond donors (Lipinski definition) is 1.